The smallest absolute Gasteiger partial charge is 0.340 e. The van der Waals surface area contributed by atoms with Gasteiger partial charge in [0.2, 0.25) is 0 Å². The van der Waals surface area contributed by atoms with E-state index in [-0.39, 0.29) is 11.5 Å². The van der Waals surface area contributed by atoms with Crippen molar-refractivity contribution in [1.29, 1.82) is 0 Å². The second-order valence-corrected chi connectivity index (χ2v) is 6.04. The molecule has 0 bridgehead atoms. The van der Waals surface area contributed by atoms with Crippen molar-refractivity contribution < 1.29 is 4.39 Å². The molecule has 1 N–H and O–H groups in total. The standard InChI is InChI=1S/C19H16FN5O/c1-13-3-2-4-14(11-13)12-25-19(26)24-10-9-17(22-18(24)23-25)21-16-7-5-15(20)6-8-16/h2-11H,12H2,1H3,(H,21,22,23). The van der Waals surface area contributed by atoms with E-state index < -0.39 is 0 Å². The van der Waals surface area contributed by atoms with Crippen LogP contribution in [0.1, 0.15) is 11.1 Å². The van der Waals surface area contributed by atoms with Crippen LogP contribution in [-0.4, -0.2) is 19.2 Å². The highest BCUT2D eigenvalue weighted by Gasteiger charge is 2.09. The van der Waals surface area contributed by atoms with Gasteiger partial charge in [0.25, 0.3) is 5.78 Å². The third-order valence-electron chi connectivity index (χ3n) is 3.99. The average Bonchev–Trinajstić information content (AvgIpc) is 2.92. The van der Waals surface area contributed by atoms with Gasteiger partial charge in [0.05, 0.1) is 6.54 Å². The van der Waals surface area contributed by atoms with Crippen LogP contribution in [0.15, 0.2) is 65.6 Å². The van der Waals surface area contributed by atoms with Gasteiger partial charge in [0.1, 0.15) is 11.6 Å². The van der Waals surface area contributed by atoms with Crippen LogP contribution in [0.25, 0.3) is 5.78 Å². The molecule has 0 atom stereocenters. The summed E-state index contributed by atoms with van der Waals surface area (Å²) in [7, 11) is 0. The molecule has 26 heavy (non-hydrogen) atoms. The molecule has 2 aromatic heterocycles. The molecule has 4 rings (SSSR count). The van der Waals surface area contributed by atoms with Gasteiger partial charge < -0.3 is 5.32 Å². The third-order valence-corrected chi connectivity index (χ3v) is 3.99. The zero-order chi connectivity index (χ0) is 18.1. The number of halogens is 1. The van der Waals surface area contributed by atoms with Crippen molar-refractivity contribution in [3.8, 4) is 0 Å². The summed E-state index contributed by atoms with van der Waals surface area (Å²) in [4.78, 5) is 16.8. The van der Waals surface area contributed by atoms with E-state index in [1.807, 2.05) is 31.2 Å². The van der Waals surface area contributed by atoms with Crippen molar-refractivity contribution in [2.45, 2.75) is 13.5 Å². The fourth-order valence-electron chi connectivity index (χ4n) is 2.74. The Morgan fingerprint density at radius 1 is 1.12 bits per heavy atom. The highest BCUT2D eigenvalue weighted by Crippen LogP contribution is 2.15. The van der Waals surface area contributed by atoms with E-state index in [0.29, 0.717) is 23.8 Å². The van der Waals surface area contributed by atoms with Gasteiger partial charge in [0, 0.05) is 11.9 Å². The molecule has 0 unspecified atom stereocenters. The molecule has 0 fully saturated rings. The molecule has 0 aliphatic carbocycles. The molecule has 6 nitrogen and oxygen atoms in total. The molecule has 0 spiro atoms. The lowest BCUT2D eigenvalue weighted by Crippen LogP contribution is -2.21. The monoisotopic (exact) mass is 349 g/mol. The SMILES string of the molecule is Cc1cccc(Cn2nc3nc(Nc4ccc(F)cc4)ccn3c2=O)c1. The summed E-state index contributed by atoms with van der Waals surface area (Å²) in [5.74, 6) is 0.520. The molecule has 0 aliphatic rings. The molecular formula is C19H16FN5O. The highest BCUT2D eigenvalue weighted by molar-refractivity contribution is 5.57. The summed E-state index contributed by atoms with van der Waals surface area (Å²) in [5.41, 5.74) is 2.58. The van der Waals surface area contributed by atoms with Gasteiger partial charge in [0.15, 0.2) is 0 Å². The minimum Gasteiger partial charge on any atom is -0.340 e. The lowest BCUT2D eigenvalue weighted by atomic mass is 10.1. The van der Waals surface area contributed by atoms with Crippen LogP contribution >= 0.6 is 0 Å². The Morgan fingerprint density at radius 2 is 1.92 bits per heavy atom. The van der Waals surface area contributed by atoms with Crippen molar-refractivity contribution in [2.24, 2.45) is 0 Å². The summed E-state index contributed by atoms with van der Waals surface area (Å²) in [6.45, 7) is 2.38. The largest absolute Gasteiger partial charge is 0.351 e. The van der Waals surface area contributed by atoms with Gasteiger partial charge in [-0.15, -0.1) is 5.10 Å². The Morgan fingerprint density at radius 3 is 2.69 bits per heavy atom. The van der Waals surface area contributed by atoms with Gasteiger partial charge in [-0.2, -0.15) is 4.98 Å². The normalized spacial score (nSPS) is 11.0. The number of rotatable bonds is 4. The van der Waals surface area contributed by atoms with Crippen LogP contribution in [0.5, 0.6) is 0 Å². The predicted molar refractivity (Wildman–Crippen MR) is 97.2 cm³/mol. The minimum absolute atomic E-state index is 0.248. The van der Waals surface area contributed by atoms with E-state index in [4.69, 9.17) is 0 Å². The van der Waals surface area contributed by atoms with Crippen LogP contribution < -0.4 is 11.0 Å². The Hall–Kier alpha value is -3.48. The quantitative estimate of drug-likeness (QED) is 0.615. The van der Waals surface area contributed by atoms with Gasteiger partial charge in [-0.05, 0) is 42.8 Å². The van der Waals surface area contributed by atoms with Crippen LogP contribution in [0.4, 0.5) is 15.9 Å². The zero-order valence-electron chi connectivity index (χ0n) is 14.1. The zero-order valence-corrected chi connectivity index (χ0v) is 14.1. The molecule has 2 aromatic carbocycles. The molecule has 0 radical (unpaired) electrons. The number of fused-ring (bicyclic) bond motifs is 1. The summed E-state index contributed by atoms with van der Waals surface area (Å²) in [6.07, 6.45) is 1.62. The van der Waals surface area contributed by atoms with Crippen molar-refractivity contribution in [2.75, 3.05) is 5.32 Å². The van der Waals surface area contributed by atoms with Gasteiger partial charge in [-0.25, -0.2) is 18.3 Å². The predicted octanol–water partition coefficient (Wildman–Crippen LogP) is 3.13. The van der Waals surface area contributed by atoms with Crippen molar-refractivity contribution in [3.05, 3.63) is 88.2 Å². The maximum absolute atomic E-state index is 13.0. The van der Waals surface area contributed by atoms with Crippen molar-refractivity contribution in [1.82, 2.24) is 19.2 Å². The Bertz CT molecular complexity index is 1130. The maximum Gasteiger partial charge on any atom is 0.351 e. The number of benzene rings is 2. The molecule has 7 heteroatoms. The first-order valence-corrected chi connectivity index (χ1v) is 8.13. The average molecular weight is 349 g/mol. The van der Waals surface area contributed by atoms with Crippen molar-refractivity contribution >= 4 is 17.3 Å². The first kappa shape index (κ1) is 16.0. The second kappa shape index (κ2) is 6.44. The Balaban J connectivity index is 1.64. The van der Waals surface area contributed by atoms with E-state index >= 15 is 0 Å². The molecule has 0 saturated heterocycles. The summed E-state index contributed by atoms with van der Waals surface area (Å²) in [5, 5.41) is 7.38. The number of hydrogen-bond donors (Lipinski definition) is 1. The van der Waals surface area contributed by atoms with Crippen LogP contribution in [0.3, 0.4) is 0 Å². The van der Waals surface area contributed by atoms with Gasteiger partial charge >= 0.3 is 5.69 Å². The van der Waals surface area contributed by atoms with Crippen LogP contribution in [0.2, 0.25) is 0 Å². The number of aryl methyl sites for hydroxylation is 1. The number of nitrogens with zero attached hydrogens (tertiary/aromatic N) is 4. The minimum atomic E-state index is -0.305. The molecular weight excluding hydrogens is 333 g/mol. The first-order chi connectivity index (χ1) is 12.6. The molecule has 0 aliphatic heterocycles. The summed E-state index contributed by atoms with van der Waals surface area (Å²) in [6, 6.07) is 15.6. The van der Waals surface area contributed by atoms with Crippen LogP contribution in [-0.2, 0) is 6.54 Å². The van der Waals surface area contributed by atoms with E-state index in [0.717, 1.165) is 11.1 Å². The van der Waals surface area contributed by atoms with Crippen LogP contribution in [0, 0.1) is 12.7 Å². The van der Waals surface area contributed by atoms with E-state index in [9.17, 15) is 9.18 Å². The molecule has 0 amide bonds. The molecule has 4 aromatic rings. The lowest BCUT2D eigenvalue weighted by molar-refractivity contribution is 0.628. The van der Waals surface area contributed by atoms with Gasteiger partial charge in [-0.1, -0.05) is 29.8 Å². The Kier molecular flexibility index (Phi) is 3.96. The number of aromatic nitrogens is 4. The maximum atomic E-state index is 13.0. The summed E-state index contributed by atoms with van der Waals surface area (Å²) >= 11 is 0. The highest BCUT2D eigenvalue weighted by atomic mass is 19.1. The number of anilines is 2. The van der Waals surface area contributed by atoms with Gasteiger partial charge in [-0.3, -0.25) is 0 Å². The first-order valence-electron chi connectivity index (χ1n) is 8.13. The van der Waals surface area contributed by atoms with E-state index in [1.165, 1.54) is 21.2 Å². The topological polar surface area (TPSA) is 64.2 Å². The Labute approximate surface area is 148 Å². The van der Waals surface area contributed by atoms with Crippen molar-refractivity contribution in [3.63, 3.8) is 0 Å². The number of nitrogens with one attached hydrogen (secondary N) is 1. The number of hydrogen-bond acceptors (Lipinski definition) is 4. The van der Waals surface area contributed by atoms with E-state index in [1.54, 1.807) is 24.4 Å². The summed E-state index contributed by atoms with van der Waals surface area (Å²) < 4.78 is 15.8. The lowest BCUT2D eigenvalue weighted by Gasteiger charge is -2.04. The fourth-order valence-corrected chi connectivity index (χ4v) is 2.74. The molecule has 0 saturated carbocycles. The second-order valence-electron chi connectivity index (χ2n) is 6.04. The molecule has 2 heterocycles. The van der Waals surface area contributed by atoms with E-state index in [2.05, 4.69) is 15.4 Å². The molecule has 130 valence electrons. The fraction of sp³-hybridized carbons (Fsp3) is 0.105. The third kappa shape index (κ3) is 3.19.